The summed E-state index contributed by atoms with van der Waals surface area (Å²) < 4.78 is 1.74. The Bertz CT molecular complexity index is 885. The van der Waals surface area contributed by atoms with E-state index in [0.29, 0.717) is 34.4 Å². The fraction of sp³-hybridized carbons (Fsp3) is 0.381. The third-order valence-electron chi connectivity index (χ3n) is 3.90. The van der Waals surface area contributed by atoms with Crippen LogP contribution in [0.25, 0.3) is 6.08 Å². The predicted octanol–water partition coefficient (Wildman–Crippen LogP) is 4.29. The SMILES string of the molecule is Cc1nn(CC(C)C)c(Cl)c1/C=C/C(=O)Nc1ccccc1C(=O)NC(C)C. The number of aryl methyl sites for hydroxylation is 1. The number of aromatic nitrogens is 2. The van der Waals surface area contributed by atoms with Crippen molar-refractivity contribution in [1.82, 2.24) is 15.1 Å². The van der Waals surface area contributed by atoms with Gasteiger partial charge >= 0.3 is 0 Å². The molecule has 0 aliphatic carbocycles. The van der Waals surface area contributed by atoms with Gasteiger partial charge in [-0.3, -0.25) is 14.3 Å². The van der Waals surface area contributed by atoms with E-state index in [4.69, 9.17) is 11.6 Å². The summed E-state index contributed by atoms with van der Waals surface area (Å²) in [5.74, 6) is -0.175. The maximum absolute atomic E-state index is 12.4. The molecular weight excluding hydrogens is 376 g/mol. The van der Waals surface area contributed by atoms with Crippen LogP contribution >= 0.6 is 11.6 Å². The molecule has 0 fully saturated rings. The normalized spacial score (nSPS) is 11.4. The number of hydrogen-bond donors (Lipinski definition) is 2. The van der Waals surface area contributed by atoms with E-state index in [-0.39, 0.29) is 17.9 Å². The Kier molecular flexibility index (Phi) is 7.40. The van der Waals surface area contributed by atoms with Gasteiger partial charge in [0.2, 0.25) is 5.91 Å². The topological polar surface area (TPSA) is 76.0 Å². The minimum Gasteiger partial charge on any atom is -0.350 e. The number of anilines is 1. The molecule has 2 N–H and O–H groups in total. The highest BCUT2D eigenvalue weighted by atomic mass is 35.5. The molecule has 0 spiro atoms. The van der Waals surface area contributed by atoms with Crippen LogP contribution < -0.4 is 10.6 Å². The zero-order chi connectivity index (χ0) is 20.8. The lowest BCUT2D eigenvalue weighted by Crippen LogP contribution is -2.30. The average Bonchev–Trinajstić information content (AvgIpc) is 2.85. The van der Waals surface area contributed by atoms with Crippen LogP contribution in [0.1, 0.15) is 49.3 Å². The van der Waals surface area contributed by atoms with Crippen LogP contribution in [0.3, 0.4) is 0 Å². The van der Waals surface area contributed by atoms with Crippen LogP contribution in [0.5, 0.6) is 0 Å². The summed E-state index contributed by atoms with van der Waals surface area (Å²) in [6.07, 6.45) is 3.04. The molecule has 2 aromatic rings. The highest BCUT2D eigenvalue weighted by Crippen LogP contribution is 2.22. The standard InChI is InChI=1S/C21H27ClN4O2/c1-13(2)12-26-20(22)16(15(5)25-26)10-11-19(27)24-18-9-7-6-8-17(18)21(28)23-14(3)4/h6-11,13-14H,12H2,1-5H3,(H,23,28)(H,24,27)/b11-10+. The van der Waals surface area contributed by atoms with Crippen molar-refractivity contribution in [2.75, 3.05) is 5.32 Å². The number of rotatable bonds is 7. The van der Waals surface area contributed by atoms with Gasteiger partial charge in [0.1, 0.15) is 5.15 Å². The molecule has 0 atom stereocenters. The first-order valence-corrected chi connectivity index (χ1v) is 9.68. The van der Waals surface area contributed by atoms with Crippen LogP contribution in [0.2, 0.25) is 5.15 Å². The van der Waals surface area contributed by atoms with E-state index in [1.165, 1.54) is 6.08 Å². The molecule has 150 valence electrons. The molecule has 1 heterocycles. The summed E-state index contributed by atoms with van der Waals surface area (Å²) in [5.41, 5.74) is 2.33. The van der Waals surface area contributed by atoms with Crippen molar-refractivity contribution in [3.05, 3.63) is 52.3 Å². The molecule has 2 rings (SSSR count). The largest absolute Gasteiger partial charge is 0.350 e. The van der Waals surface area contributed by atoms with Gasteiger partial charge < -0.3 is 10.6 Å². The van der Waals surface area contributed by atoms with E-state index < -0.39 is 0 Å². The number of amides is 2. The molecule has 0 saturated heterocycles. The van der Waals surface area contributed by atoms with Crippen molar-refractivity contribution < 1.29 is 9.59 Å². The molecule has 2 amide bonds. The third kappa shape index (κ3) is 5.70. The molecule has 0 saturated carbocycles. The van der Waals surface area contributed by atoms with Crippen LogP contribution in [-0.4, -0.2) is 27.6 Å². The summed E-state index contributed by atoms with van der Waals surface area (Å²) in [6, 6.07) is 6.90. The van der Waals surface area contributed by atoms with Crippen LogP contribution in [0, 0.1) is 12.8 Å². The van der Waals surface area contributed by atoms with Crippen molar-refractivity contribution in [2.24, 2.45) is 5.92 Å². The first-order valence-electron chi connectivity index (χ1n) is 9.31. The van der Waals surface area contributed by atoms with Crippen molar-refractivity contribution in [1.29, 1.82) is 0 Å². The van der Waals surface area contributed by atoms with Crippen molar-refractivity contribution in [3.8, 4) is 0 Å². The van der Waals surface area contributed by atoms with Crippen LogP contribution in [0.15, 0.2) is 30.3 Å². The molecule has 0 aliphatic rings. The van der Waals surface area contributed by atoms with E-state index >= 15 is 0 Å². The monoisotopic (exact) mass is 402 g/mol. The molecule has 0 radical (unpaired) electrons. The Hall–Kier alpha value is -2.60. The second kappa shape index (κ2) is 9.55. The Balaban J connectivity index is 2.15. The molecule has 0 unspecified atom stereocenters. The van der Waals surface area contributed by atoms with Gasteiger partial charge in [0.25, 0.3) is 5.91 Å². The van der Waals surface area contributed by atoms with E-state index in [0.717, 1.165) is 5.69 Å². The van der Waals surface area contributed by atoms with Gasteiger partial charge in [-0.15, -0.1) is 0 Å². The molecular formula is C21H27ClN4O2. The first-order chi connectivity index (χ1) is 13.2. The van der Waals surface area contributed by atoms with E-state index in [1.807, 2.05) is 20.8 Å². The van der Waals surface area contributed by atoms with Crippen molar-refractivity contribution in [3.63, 3.8) is 0 Å². The number of nitrogens with one attached hydrogen (secondary N) is 2. The van der Waals surface area contributed by atoms with Crippen molar-refractivity contribution >= 4 is 35.2 Å². The Morgan fingerprint density at radius 1 is 1.21 bits per heavy atom. The minimum atomic E-state index is -0.350. The van der Waals surface area contributed by atoms with Gasteiger partial charge in [0.05, 0.1) is 16.9 Å². The molecule has 28 heavy (non-hydrogen) atoms. The lowest BCUT2D eigenvalue weighted by molar-refractivity contribution is -0.111. The van der Waals surface area contributed by atoms with Crippen molar-refractivity contribution in [2.45, 2.75) is 47.2 Å². The minimum absolute atomic E-state index is 0.00338. The van der Waals surface area contributed by atoms with E-state index in [9.17, 15) is 9.59 Å². The predicted molar refractivity (Wildman–Crippen MR) is 114 cm³/mol. The molecule has 1 aromatic heterocycles. The summed E-state index contributed by atoms with van der Waals surface area (Å²) in [4.78, 5) is 24.7. The maximum Gasteiger partial charge on any atom is 0.253 e. The van der Waals surface area contributed by atoms with Crippen LogP contribution in [0.4, 0.5) is 5.69 Å². The summed E-state index contributed by atoms with van der Waals surface area (Å²) in [7, 11) is 0. The Morgan fingerprint density at radius 2 is 1.89 bits per heavy atom. The fourth-order valence-electron chi connectivity index (χ4n) is 2.69. The number of carbonyl (C=O) groups excluding carboxylic acids is 2. The molecule has 0 aliphatic heterocycles. The van der Waals surface area contributed by atoms with Gasteiger partial charge in [-0.05, 0) is 44.9 Å². The zero-order valence-corrected chi connectivity index (χ0v) is 17.7. The zero-order valence-electron chi connectivity index (χ0n) is 16.9. The van der Waals surface area contributed by atoms with Gasteiger partial charge in [-0.2, -0.15) is 5.10 Å². The number of benzene rings is 1. The number of nitrogens with zero attached hydrogens (tertiary/aromatic N) is 2. The Morgan fingerprint density at radius 3 is 2.54 bits per heavy atom. The second-order valence-electron chi connectivity index (χ2n) is 7.36. The van der Waals surface area contributed by atoms with E-state index in [2.05, 4.69) is 29.6 Å². The maximum atomic E-state index is 12.4. The third-order valence-corrected chi connectivity index (χ3v) is 4.30. The number of para-hydroxylation sites is 1. The highest BCUT2D eigenvalue weighted by molar-refractivity contribution is 6.31. The van der Waals surface area contributed by atoms with Crippen LogP contribution in [-0.2, 0) is 11.3 Å². The van der Waals surface area contributed by atoms with Gasteiger partial charge in [-0.25, -0.2) is 0 Å². The average molecular weight is 403 g/mol. The summed E-state index contributed by atoms with van der Waals surface area (Å²) in [5, 5.41) is 10.5. The first kappa shape index (κ1) is 21.7. The van der Waals surface area contributed by atoms with Gasteiger partial charge in [-0.1, -0.05) is 37.6 Å². The molecule has 6 nitrogen and oxygen atoms in total. The number of halogens is 1. The molecule has 0 bridgehead atoms. The number of carbonyl (C=O) groups is 2. The van der Waals surface area contributed by atoms with Gasteiger partial charge in [0.15, 0.2) is 0 Å². The fourth-order valence-corrected chi connectivity index (χ4v) is 2.99. The number of hydrogen-bond acceptors (Lipinski definition) is 3. The molecule has 1 aromatic carbocycles. The molecule has 7 heteroatoms. The summed E-state index contributed by atoms with van der Waals surface area (Å²) in [6.45, 7) is 10.5. The quantitative estimate of drug-likeness (QED) is 0.678. The summed E-state index contributed by atoms with van der Waals surface area (Å²) >= 11 is 6.40. The smallest absolute Gasteiger partial charge is 0.253 e. The Labute approximate surface area is 171 Å². The lowest BCUT2D eigenvalue weighted by atomic mass is 10.1. The lowest BCUT2D eigenvalue weighted by Gasteiger charge is -2.12. The highest BCUT2D eigenvalue weighted by Gasteiger charge is 2.14. The van der Waals surface area contributed by atoms with Gasteiger partial charge in [0, 0.05) is 24.2 Å². The second-order valence-corrected chi connectivity index (χ2v) is 7.72. The van der Waals surface area contributed by atoms with E-state index in [1.54, 1.807) is 35.0 Å².